The number of benzene rings is 2. The first-order valence-corrected chi connectivity index (χ1v) is 10.4. The van der Waals surface area contributed by atoms with Crippen molar-refractivity contribution in [2.45, 2.75) is 64.4 Å². The fourth-order valence-corrected chi connectivity index (χ4v) is 4.59. The Morgan fingerprint density at radius 3 is 2.30 bits per heavy atom. The van der Waals surface area contributed by atoms with E-state index < -0.39 is 0 Å². The lowest BCUT2D eigenvalue weighted by Crippen LogP contribution is -2.22. The molecule has 0 fully saturated rings. The zero-order valence-corrected chi connectivity index (χ0v) is 17.9. The van der Waals surface area contributed by atoms with Crippen LogP contribution in [0.2, 0.25) is 0 Å². The topological polar surface area (TPSA) is 34.9 Å². The van der Waals surface area contributed by atoms with Gasteiger partial charge in [-0.1, -0.05) is 56.8 Å². The van der Waals surface area contributed by atoms with E-state index in [9.17, 15) is 4.79 Å². The Labute approximate surface area is 165 Å². The summed E-state index contributed by atoms with van der Waals surface area (Å²) in [5.74, 6) is 0.812. The number of hydrogen-bond acceptors (Lipinski definition) is 3. The third-order valence-corrected chi connectivity index (χ3v) is 6.05. The molecule has 0 bridgehead atoms. The van der Waals surface area contributed by atoms with Crippen molar-refractivity contribution < 1.29 is 0 Å². The van der Waals surface area contributed by atoms with Gasteiger partial charge in [0, 0.05) is 12.3 Å². The Bertz CT molecular complexity index is 1020. The highest BCUT2D eigenvalue weighted by Gasteiger charge is 2.17. The molecule has 142 valence electrons. The van der Waals surface area contributed by atoms with E-state index in [4.69, 9.17) is 4.98 Å². The Morgan fingerprint density at radius 2 is 1.70 bits per heavy atom. The van der Waals surface area contributed by atoms with Gasteiger partial charge in [0.2, 0.25) is 0 Å². The van der Waals surface area contributed by atoms with Gasteiger partial charge in [-0.3, -0.25) is 9.36 Å². The Balaban J connectivity index is 1.97. The van der Waals surface area contributed by atoms with E-state index in [1.165, 1.54) is 22.3 Å². The number of para-hydroxylation sites is 1. The number of rotatable bonds is 4. The maximum Gasteiger partial charge on any atom is 0.262 e. The zero-order valence-electron chi connectivity index (χ0n) is 17.1. The Morgan fingerprint density at radius 1 is 1.07 bits per heavy atom. The lowest BCUT2D eigenvalue weighted by atomic mass is 9.84. The van der Waals surface area contributed by atoms with Crippen LogP contribution in [0.1, 0.15) is 49.9 Å². The van der Waals surface area contributed by atoms with Crippen LogP contribution < -0.4 is 5.56 Å². The number of hydrogen-bond donors (Lipinski definition) is 0. The molecule has 0 spiro atoms. The average Bonchev–Trinajstić information content (AvgIpc) is 2.60. The highest BCUT2D eigenvalue weighted by atomic mass is 32.2. The largest absolute Gasteiger partial charge is 0.287 e. The lowest BCUT2D eigenvalue weighted by molar-refractivity contribution is 0.589. The third-order valence-electron chi connectivity index (χ3n) is 5.05. The maximum absolute atomic E-state index is 12.8. The van der Waals surface area contributed by atoms with E-state index in [-0.39, 0.29) is 11.0 Å². The van der Waals surface area contributed by atoms with Crippen LogP contribution in [-0.2, 0) is 17.7 Å². The van der Waals surface area contributed by atoms with Gasteiger partial charge in [0.15, 0.2) is 5.16 Å². The van der Waals surface area contributed by atoms with Crippen molar-refractivity contribution >= 4 is 22.7 Å². The van der Waals surface area contributed by atoms with Crippen molar-refractivity contribution in [3.8, 4) is 0 Å². The lowest BCUT2D eigenvalue weighted by Gasteiger charge is -2.22. The first kappa shape index (κ1) is 19.7. The SMILES string of the molecule is CCn1c(SCc2c(C)cc(C(C)(C)C)cc2C)nc2ccccc2c1=O. The number of aromatic nitrogens is 2. The molecule has 2 aromatic carbocycles. The van der Waals surface area contributed by atoms with Gasteiger partial charge in [-0.2, -0.15) is 0 Å². The van der Waals surface area contributed by atoms with Crippen LogP contribution in [0.3, 0.4) is 0 Å². The molecule has 0 amide bonds. The van der Waals surface area contributed by atoms with E-state index in [0.29, 0.717) is 11.9 Å². The van der Waals surface area contributed by atoms with Gasteiger partial charge in [0.05, 0.1) is 10.9 Å². The van der Waals surface area contributed by atoms with Crippen molar-refractivity contribution in [3.05, 3.63) is 69.0 Å². The average molecular weight is 381 g/mol. The summed E-state index contributed by atoms with van der Waals surface area (Å²) in [7, 11) is 0. The summed E-state index contributed by atoms with van der Waals surface area (Å²) < 4.78 is 1.78. The molecule has 3 aromatic rings. The second kappa shape index (κ2) is 7.51. The molecule has 0 aliphatic rings. The van der Waals surface area contributed by atoms with Crippen molar-refractivity contribution in [1.29, 1.82) is 0 Å². The second-order valence-corrected chi connectivity index (χ2v) is 9.03. The molecule has 0 saturated carbocycles. The summed E-state index contributed by atoms with van der Waals surface area (Å²) in [6.45, 7) is 13.7. The van der Waals surface area contributed by atoms with Crippen molar-refractivity contribution in [1.82, 2.24) is 9.55 Å². The molecule has 3 nitrogen and oxygen atoms in total. The van der Waals surface area contributed by atoms with Crippen molar-refractivity contribution in [2.75, 3.05) is 0 Å². The molecule has 0 aliphatic heterocycles. The maximum atomic E-state index is 12.8. The number of thioether (sulfide) groups is 1. The molecular formula is C23H28N2OS. The molecule has 0 saturated heterocycles. The summed E-state index contributed by atoms with van der Waals surface area (Å²) in [5, 5.41) is 1.48. The highest BCUT2D eigenvalue weighted by Crippen LogP contribution is 2.30. The van der Waals surface area contributed by atoms with Gasteiger partial charge in [-0.05, 0) is 60.6 Å². The summed E-state index contributed by atoms with van der Waals surface area (Å²) in [5.41, 5.74) is 6.26. The quantitative estimate of drug-likeness (QED) is 0.435. The van der Waals surface area contributed by atoms with Crippen LogP contribution in [0.15, 0.2) is 46.3 Å². The normalized spacial score (nSPS) is 11.9. The van der Waals surface area contributed by atoms with Gasteiger partial charge >= 0.3 is 0 Å². The van der Waals surface area contributed by atoms with Crippen LogP contribution in [0, 0.1) is 13.8 Å². The molecule has 3 rings (SSSR count). The molecule has 0 atom stereocenters. The summed E-state index contributed by atoms with van der Waals surface area (Å²) in [4.78, 5) is 17.6. The molecule has 0 N–H and O–H groups in total. The molecule has 1 heterocycles. The first-order chi connectivity index (χ1) is 12.7. The molecule has 4 heteroatoms. The fourth-order valence-electron chi connectivity index (χ4n) is 3.33. The van der Waals surface area contributed by atoms with Crippen LogP contribution in [0.4, 0.5) is 0 Å². The van der Waals surface area contributed by atoms with Gasteiger partial charge in [0.25, 0.3) is 5.56 Å². The molecule has 0 unspecified atom stereocenters. The van der Waals surface area contributed by atoms with Crippen LogP contribution in [0.25, 0.3) is 10.9 Å². The predicted octanol–water partition coefficient (Wildman–Crippen LogP) is 5.62. The third kappa shape index (κ3) is 3.96. The molecule has 27 heavy (non-hydrogen) atoms. The van der Waals surface area contributed by atoms with Crippen LogP contribution in [-0.4, -0.2) is 9.55 Å². The minimum Gasteiger partial charge on any atom is -0.287 e. The summed E-state index contributed by atoms with van der Waals surface area (Å²) in [6.07, 6.45) is 0. The smallest absolute Gasteiger partial charge is 0.262 e. The first-order valence-electron chi connectivity index (χ1n) is 9.45. The van der Waals surface area contributed by atoms with Crippen LogP contribution >= 0.6 is 11.8 Å². The van der Waals surface area contributed by atoms with E-state index in [0.717, 1.165) is 16.4 Å². The Kier molecular flexibility index (Phi) is 5.48. The van der Waals surface area contributed by atoms with Crippen molar-refractivity contribution in [2.24, 2.45) is 0 Å². The van der Waals surface area contributed by atoms with Crippen molar-refractivity contribution in [3.63, 3.8) is 0 Å². The molecule has 0 aliphatic carbocycles. The zero-order chi connectivity index (χ0) is 19.8. The minimum atomic E-state index is 0.0436. The van der Waals surface area contributed by atoms with Gasteiger partial charge in [0.1, 0.15) is 0 Å². The fraction of sp³-hybridized carbons (Fsp3) is 0.391. The minimum absolute atomic E-state index is 0.0436. The van der Waals surface area contributed by atoms with Gasteiger partial charge in [-0.15, -0.1) is 0 Å². The predicted molar refractivity (Wildman–Crippen MR) is 116 cm³/mol. The monoisotopic (exact) mass is 380 g/mol. The molecular weight excluding hydrogens is 352 g/mol. The number of fused-ring (bicyclic) bond motifs is 1. The summed E-state index contributed by atoms with van der Waals surface area (Å²) >= 11 is 1.65. The van der Waals surface area contributed by atoms with E-state index in [1.807, 2.05) is 31.2 Å². The van der Waals surface area contributed by atoms with Gasteiger partial charge < -0.3 is 0 Å². The number of aryl methyl sites for hydroxylation is 2. The van der Waals surface area contributed by atoms with E-state index in [1.54, 1.807) is 16.3 Å². The standard InChI is InChI=1S/C23H28N2OS/c1-7-25-21(26)18-10-8-9-11-20(18)24-22(25)27-14-19-15(2)12-17(13-16(19)3)23(4,5)6/h8-13H,7,14H2,1-6H3. The van der Waals surface area contributed by atoms with E-state index in [2.05, 4.69) is 46.8 Å². The molecule has 1 aromatic heterocycles. The summed E-state index contributed by atoms with van der Waals surface area (Å²) in [6, 6.07) is 12.2. The molecule has 0 radical (unpaired) electrons. The second-order valence-electron chi connectivity index (χ2n) is 8.09. The van der Waals surface area contributed by atoms with Crippen LogP contribution in [0.5, 0.6) is 0 Å². The Hall–Kier alpha value is -2.07. The van der Waals surface area contributed by atoms with E-state index >= 15 is 0 Å². The van der Waals surface area contributed by atoms with Gasteiger partial charge in [-0.25, -0.2) is 4.98 Å². The highest BCUT2D eigenvalue weighted by molar-refractivity contribution is 7.98. The number of nitrogens with zero attached hydrogens (tertiary/aromatic N) is 2.